The monoisotopic (exact) mass is 385 g/mol. The summed E-state index contributed by atoms with van der Waals surface area (Å²) < 4.78 is 2.20. The summed E-state index contributed by atoms with van der Waals surface area (Å²) in [6, 6.07) is 14.7. The van der Waals surface area contributed by atoms with Crippen LogP contribution in [0.5, 0.6) is 0 Å². The zero-order valence-corrected chi connectivity index (χ0v) is 13.7. The van der Waals surface area contributed by atoms with Crippen LogP contribution in [0.3, 0.4) is 0 Å². The Morgan fingerprint density at radius 1 is 0.944 bits per heavy atom. The van der Waals surface area contributed by atoms with Gasteiger partial charge in [0.05, 0.1) is 0 Å². The number of hydrogen-bond acceptors (Lipinski definition) is 2. The summed E-state index contributed by atoms with van der Waals surface area (Å²) in [5.74, 6) is 0. The molecule has 0 bridgehead atoms. The molecule has 4 heteroatoms. The summed E-state index contributed by atoms with van der Waals surface area (Å²) in [4.78, 5) is 2.49. The van der Waals surface area contributed by atoms with Crippen LogP contribution in [0.15, 0.2) is 61.2 Å². The molecular weight excluding hydrogens is 374 g/mol. The van der Waals surface area contributed by atoms with Gasteiger partial charge in [-0.2, -0.15) is 0 Å². The van der Waals surface area contributed by atoms with E-state index < -0.39 is 0 Å². The summed E-state index contributed by atoms with van der Waals surface area (Å²) in [6.45, 7) is 0.676. The third-order valence-corrected chi connectivity index (χ3v) is 4.61. The summed E-state index contributed by atoms with van der Waals surface area (Å²) in [5.41, 5.74) is 6.95. The van der Waals surface area contributed by atoms with Crippen LogP contribution in [-0.4, -0.2) is 6.54 Å². The molecule has 0 heterocycles. The van der Waals surface area contributed by atoms with Crippen LogP contribution in [-0.2, 0) is 6.42 Å². The number of nitrogens with two attached hydrogens (primary N) is 1. The predicted octanol–water partition coefficient (Wildman–Crippen LogP) is 4.86. The molecule has 1 nitrogen and oxygen atoms in total. The first-order chi connectivity index (χ1) is 8.69. The van der Waals surface area contributed by atoms with Crippen molar-refractivity contribution >= 4 is 43.6 Å². The first-order valence-corrected chi connectivity index (χ1v) is 8.01. The smallest absolute Gasteiger partial charge is 0.0186 e. The summed E-state index contributed by atoms with van der Waals surface area (Å²) in [6.07, 6.45) is 0.909. The minimum Gasteiger partial charge on any atom is -0.330 e. The Morgan fingerprint density at radius 3 is 2.28 bits per heavy atom. The minimum atomic E-state index is 0.676. The van der Waals surface area contributed by atoms with Gasteiger partial charge in [0.25, 0.3) is 0 Å². The van der Waals surface area contributed by atoms with Crippen LogP contribution >= 0.6 is 43.6 Å². The number of hydrogen-bond donors (Lipinski definition) is 1. The van der Waals surface area contributed by atoms with Gasteiger partial charge in [-0.15, -0.1) is 0 Å². The van der Waals surface area contributed by atoms with Gasteiger partial charge in [0.2, 0.25) is 0 Å². The Balaban J connectivity index is 2.26. The fourth-order valence-corrected chi connectivity index (χ4v) is 3.41. The number of rotatable bonds is 4. The van der Waals surface area contributed by atoms with E-state index in [0.29, 0.717) is 6.54 Å². The quantitative estimate of drug-likeness (QED) is 0.811. The molecule has 0 aromatic heterocycles. The third kappa shape index (κ3) is 3.85. The minimum absolute atomic E-state index is 0.676. The zero-order valence-electron chi connectivity index (χ0n) is 9.70. The maximum Gasteiger partial charge on any atom is 0.0186 e. The molecule has 0 unspecified atom stereocenters. The van der Waals surface area contributed by atoms with Crippen LogP contribution in [0.1, 0.15) is 5.56 Å². The SMILES string of the molecule is NCCc1ccc(Br)cc1Sc1ccc(Br)cc1. The molecule has 2 N–H and O–H groups in total. The van der Waals surface area contributed by atoms with Crippen LogP contribution in [0, 0.1) is 0 Å². The van der Waals surface area contributed by atoms with E-state index in [1.807, 2.05) is 0 Å². The van der Waals surface area contributed by atoms with Gasteiger partial charge in [0.15, 0.2) is 0 Å². The van der Waals surface area contributed by atoms with Crippen molar-refractivity contribution in [3.05, 3.63) is 57.0 Å². The van der Waals surface area contributed by atoms with Gasteiger partial charge in [0, 0.05) is 18.7 Å². The molecular formula is C14H13Br2NS. The molecule has 0 aliphatic rings. The summed E-state index contributed by atoms with van der Waals surface area (Å²) >= 11 is 8.74. The Morgan fingerprint density at radius 2 is 1.61 bits per heavy atom. The van der Waals surface area contributed by atoms with Gasteiger partial charge in [0.1, 0.15) is 0 Å². The lowest BCUT2D eigenvalue weighted by Crippen LogP contribution is -2.03. The molecule has 0 fully saturated rings. The second-order valence-corrected chi connectivity index (χ2v) is 6.79. The average molecular weight is 387 g/mol. The second kappa shape index (κ2) is 6.75. The van der Waals surface area contributed by atoms with E-state index in [9.17, 15) is 0 Å². The van der Waals surface area contributed by atoms with E-state index in [1.54, 1.807) is 11.8 Å². The number of halogens is 2. The summed E-state index contributed by atoms with van der Waals surface area (Å²) in [5, 5.41) is 0. The Kier molecular flexibility index (Phi) is 5.30. The van der Waals surface area contributed by atoms with Crippen molar-refractivity contribution in [3.63, 3.8) is 0 Å². The molecule has 2 aromatic carbocycles. The van der Waals surface area contributed by atoms with Gasteiger partial charge in [-0.25, -0.2) is 0 Å². The van der Waals surface area contributed by atoms with Crippen molar-refractivity contribution in [2.45, 2.75) is 16.2 Å². The first-order valence-electron chi connectivity index (χ1n) is 5.61. The van der Waals surface area contributed by atoms with Crippen molar-refractivity contribution in [1.29, 1.82) is 0 Å². The highest BCUT2D eigenvalue weighted by Gasteiger charge is 2.05. The lowest BCUT2D eigenvalue weighted by atomic mass is 10.1. The van der Waals surface area contributed by atoms with Crippen LogP contribution in [0.4, 0.5) is 0 Å². The lowest BCUT2D eigenvalue weighted by Gasteiger charge is -2.09. The van der Waals surface area contributed by atoms with Crippen LogP contribution < -0.4 is 5.73 Å². The molecule has 0 spiro atoms. The second-order valence-electron chi connectivity index (χ2n) is 3.85. The molecule has 0 aliphatic carbocycles. The molecule has 18 heavy (non-hydrogen) atoms. The lowest BCUT2D eigenvalue weighted by molar-refractivity contribution is 0.943. The number of benzene rings is 2. The van der Waals surface area contributed by atoms with Gasteiger partial charge in [-0.05, 0) is 54.9 Å². The largest absolute Gasteiger partial charge is 0.330 e. The van der Waals surface area contributed by atoms with Crippen molar-refractivity contribution in [2.24, 2.45) is 5.73 Å². The molecule has 0 saturated carbocycles. The Hall–Kier alpha value is -0.290. The summed E-state index contributed by atoms with van der Waals surface area (Å²) in [7, 11) is 0. The third-order valence-electron chi connectivity index (χ3n) is 2.48. The van der Waals surface area contributed by atoms with Crippen molar-refractivity contribution in [2.75, 3.05) is 6.54 Å². The van der Waals surface area contributed by atoms with E-state index in [-0.39, 0.29) is 0 Å². The topological polar surface area (TPSA) is 26.0 Å². The highest BCUT2D eigenvalue weighted by atomic mass is 79.9. The molecule has 2 aromatic rings. The highest BCUT2D eigenvalue weighted by molar-refractivity contribution is 9.10. The van der Waals surface area contributed by atoms with E-state index in [1.165, 1.54) is 15.4 Å². The average Bonchev–Trinajstić information content (AvgIpc) is 2.36. The van der Waals surface area contributed by atoms with E-state index in [4.69, 9.17) is 5.73 Å². The highest BCUT2D eigenvalue weighted by Crippen LogP contribution is 2.33. The zero-order chi connectivity index (χ0) is 13.0. The molecule has 0 saturated heterocycles. The molecule has 0 atom stereocenters. The maximum atomic E-state index is 5.65. The standard InChI is InChI=1S/C14H13Br2NS/c15-11-3-5-13(6-4-11)18-14-9-12(16)2-1-10(14)7-8-17/h1-6,9H,7-8,17H2. The maximum absolute atomic E-state index is 5.65. The van der Waals surface area contributed by atoms with Gasteiger partial charge < -0.3 is 5.73 Å². The van der Waals surface area contributed by atoms with Crippen molar-refractivity contribution < 1.29 is 0 Å². The van der Waals surface area contributed by atoms with Crippen molar-refractivity contribution in [3.8, 4) is 0 Å². The van der Waals surface area contributed by atoms with E-state index in [0.717, 1.165) is 15.4 Å². The Bertz CT molecular complexity index is 526. The molecule has 0 aliphatic heterocycles. The van der Waals surface area contributed by atoms with Crippen LogP contribution in [0.2, 0.25) is 0 Å². The van der Waals surface area contributed by atoms with Crippen molar-refractivity contribution in [1.82, 2.24) is 0 Å². The fourth-order valence-electron chi connectivity index (χ4n) is 1.62. The fraction of sp³-hybridized carbons (Fsp3) is 0.143. The predicted molar refractivity (Wildman–Crippen MR) is 85.2 cm³/mol. The molecule has 94 valence electrons. The van der Waals surface area contributed by atoms with Gasteiger partial charge in [-0.3, -0.25) is 0 Å². The molecule has 0 amide bonds. The molecule has 0 radical (unpaired) electrons. The molecule has 2 rings (SSSR count). The van der Waals surface area contributed by atoms with Gasteiger partial charge in [-0.1, -0.05) is 49.7 Å². The van der Waals surface area contributed by atoms with E-state index >= 15 is 0 Å². The normalized spacial score (nSPS) is 10.6. The van der Waals surface area contributed by atoms with E-state index in [2.05, 4.69) is 74.3 Å². The van der Waals surface area contributed by atoms with Crippen LogP contribution in [0.25, 0.3) is 0 Å². The Labute approximate surface area is 128 Å². The van der Waals surface area contributed by atoms with Gasteiger partial charge >= 0.3 is 0 Å². The first kappa shape index (κ1) is 14.1.